The lowest BCUT2D eigenvalue weighted by Crippen LogP contribution is -2.36. The highest BCUT2D eigenvalue weighted by atomic mass is 127. The van der Waals surface area contributed by atoms with Gasteiger partial charge in [-0.1, -0.05) is 36.4 Å². The summed E-state index contributed by atoms with van der Waals surface area (Å²) in [6.07, 6.45) is 6.17. The van der Waals surface area contributed by atoms with Gasteiger partial charge in [-0.2, -0.15) is 0 Å². The van der Waals surface area contributed by atoms with Gasteiger partial charge in [0.25, 0.3) is 0 Å². The molecule has 1 fully saturated rings. The van der Waals surface area contributed by atoms with E-state index in [2.05, 4.69) is 36.4 Å². The van der Waals surface area contributed by atoms with Crippen molar-refractivity contribution in [2.24, 2.45) is 11.3 Å². The maximum Gasteiger partial charge on any atom is 0.0597 e. The molecule has 0 saturated heterocycles. The summed E-state index contributed by atoms with van der Waals surface area (Å²) in [7, 11) is 1.81. The number of halogens is 1. The summed E-state index contributed by atoms with van der Waals surface area (Å²) in [6.45, 7) is 8.41. The van der Waals surface area contributed by atoms with Crippen LogP contribution in [0.15, 0.2) is 0 Å². The van der Waals surface area contributed by atoms with Crippen LogP contribution in [-0.2, 0) is 4.74 Å². The van der Waals surface area contributed by atoms with Crippen LogP contribution in [0.5, 0.6) is 0 Å². The summed E-state index contributed by atoms with van der Waals surface area (Å²) < 4.78 is 5.40. The SMILES string of the molecule is CI.COC1CCC(C(C)(C)CC(C)(C)O)CC1. The van der Waals surface area contributed by atoms with Gasteiger partial charge in [-0.25, -0.2) is 0 Å². The Bertz CT molecular complexity index is 213. The molecule has 0 unspecified atom stereocenters. The van der Waals surface area contributed by atoms with Crippen LogP contribution < -0.4 is 0 Å². The molecule has 0 aromatic heterocycles. The van der Waals surface area contributed by atoms with E-state index in [-0.39, 0.29) is 5.41 Å². The fourth-order valence-electron chi connectivity index (χ4n) is 3.34. The number of aliphatic hydroxyl groups is 1. The molecule has 0 heterocycles. The zero-order chi connectivity index (χ0) is 14.4. The summed E-state index contributed by atoms with van der Waals surface area (Å²) >= 11 is 2.15. The molecule has 1 saturated carbocycles. The predicted octanol–water partition coefficient (Wildman–Crippen LogP) is 4.43. The first-order chi connectivity index (χ1) is 8.24. The van der Waals surface area contributed by atoms with Gasteiger partial charge in [0.1, 0.15) is 0 Å². The summed E-state index contributed by atoms with van der Waals surface area (Å²) in [5.41, 5.74) is -0.321. The van der Waals surface area contributed by atoms with Gasteiger partial charge in [0.05, 0.1) is 11.7 Å². The molecule has 0 aromatic rings. The van der Waals surface area contributed by atoms with Gasteiger partial charge in [-0.05, 0) is 62.2 Å². The highest BCUT2D eigenvalue weighted by Crippen LogP contribution is 2.43. The molecule has 1 aliphatic carbocycles. The second-order valence-corrected chi connectivity index (χ2v) is 6.69. The summed E-state index contributed by atoms with van der Waals surface area (Å²) in [6, 6.07) is 0. The zero-order valence-corrected chi connectivity index (χ0v) is 15.1. The number of hydrogen-bond donors (Lipinski definition) is 1. The third kappa shape index (κ3) is 6.71. The van der Waals surface area contributed by atoms with Gasteiger partial charge in [-0.3, -0.25) is 0 Å². The summed E-state index contributed by atoms with van der Waals surface area (Å²) in [4.78, 5) is 1.97. The molecule has 1 aliphatic rings. The lowest BCUT2D eigenvalue weighted by atomic mass is 9.66. The van der Waals surface area contributed by atoms with Crippen LogP contribution in [-0.4, -0.2) is 28.9 Å². The molecule has 110 valence electrons. The van der Waals surface area contributed by atoms with Gasteiger partial charge >= 0.3 is 0 Å². The van der Waals surface area contributed by atoms with Gasteiger partial charge in [0.2, 0.25) is 0 Å². The Morgan fingerprint density at radius 1 is 1.06 bits per heavy atom. The first kappa shape index (κ1) is 18.7. The second-order valence-electron chi connectivity index (χ2n) is 6.69. The van der Waals surface area contributed by atoms with E-state index in [1.165, 1.54) is 25.7 Å². The second kappa shape index (κ2) is 8.05. The molecule has 0 radical (unpaired) electrons. The standard InChI is InChI=1S/C14H28O2.CH3I/c1-13(2,10-14(3,4)15)11-6-8-12(16-5)9-7-11;1-2/h11-12,15H,6-10H2,1-5H3;1H3. The summed E-state index contributed by atoms with van der Waals surface area (Å²) in [5, 5.41) is 9.96. The van der Waals surface area contributed by atoms with E-state index in [9.17, 15) is 5.11 Å². The van der Waals surface area contributed by atoms with Crippen LogP contribution in [0.3, 0.4) is 0 Å². The van der Waals surface area contributed by atoms with Crippen molar-refractivity contribution in [1.82, 2.24) is 0 Å². The maximum absolute atomic E-state index is 9.96. The smallest absolute Gasteiger partial charge is 0.0597 e. The van der Waals surface area contributed by atoms with Crippen molar-refractivity contribution in [3.05, 3.63) is 0 Å². The summed E-state index contributed by atoms with van der Waals surface area (Å²) in [5.74, 6) is 0.727. The molecule has 18 heavy (non-hydrogen) atoms. The van der Waals surface area contributed by atoms with Gasteiger partial charge < -0.3 is 9.84 Å². The number of hydrogen-bond acceptors (Lipinski definition) is 2. The lowest BCUT2D eigenvalue weighted by molar-refractivity contribution is -0.0153. The van der Waals surface area contributed by atoms with Gasteiger partial charge in [0.15, 0.2) is 0 Å². The van der Waals surface area contributed by atoms with Crippen LogP contribution in [0.1, 0.15) is 59.8 Å². The van der Waals surface area contributed by atoms with E-state index in [0.717, 1.165) is 12.3 Å². The normalized spacial score (nSPS) is 25.3. The topological polar surface area (TPSA) is 29.5 Å². The molecule has 0 amide bonds. The lowest BCUT2D eigenvalue weighted by Gasteiger charge is -2.41. The Labute approximate surface area is 127 Å². The monoisotopic (exact) mass is 370 g/mol. The van der Waals surface area contributed by atoms with Crippen molar-refractivity contribution in [2.45, 2.75) is 71.5 Å². The highest BCUT2D eigenvalue weighted by Gasteiger charge is 2.36. The predicted molar refractivity (Wildman–Crippen MR) is 87.4 cm³/mol. The van der Waals surface area contributed by atoms with E-state index >= 15 is 0 Å². The average Bonchev–Trinajstić information content (AvgIpc) is 2.29. The highest BCUT2D eigenvalue weighted by molar-refractivity contribution is 14.1. The van der Waals surface area contributed by atoms with Crippen molar-refractivity contribution >= 4 is 22.6 Å². The number of alkyl halides is 1. The van der Waals surface area contributed by atoms with Crippen molar-refractivity contribution in [2.75, 3.05) is 12.0 Å². The largest absolute Gasteiger partial charge is 0.390 e. The number of ether oxygens (including phenoxy) is 1. The van der Waals surface area contributed by atoms with Crippen LogP contribution in [0.2, 0.25) is 0 Å². The quantitative estimate of drug-likeness (QED) is 0.586. The minimum Gasteiger partial charge on any atom is -0.390 e. The van der Waals surface area contributed by atoms with Gasteiger partial charge in [0, 0.05) is 7.11 Å². The van der Waals surface area contributed by atoms with E-state index in [0.29, 0.717) is 6.10 Å². The minimum absolute atomic E-state index is 0.233. The third-order valence-electron chi connectivity index (χ3n) is 4.00. The molecule has 0 aromatic carbocycles. The van der Waals surface area contributed by atoms with Crippen LogP contribution in [0.25, 0.3) is 0 Å². The van der Waals surface area contributed by atoms with E-state index in [1.807, 2.05) is 25.9 Å². The van der Waals surface area contributed by atoms with Crippen LogP contribution >= 0.6 is 22.6 Å². The van der Waals surface area contributed by atoms with Gasteiger partial charge in [-0.15, -0.1) is 0 Å². The molecule has 0 aliphatic heterocycles. The van der Waals surface area contributed by atoms with Crippen molar-refractivity contribution in [3.63, 3.8) is 0 Å². The van der Waals surface area contributed by atoms with Crippen LogP contribution in [0.4, 0.5) is 0 Å². The zero-order valence-electron chi connectivity index (χ0n) is 12.9. The maximum atomic E-state index is 9.96. The molecule has 1 rings (SSSR count). The van der Waals surface area contributed by atoms with Crippen LogP contribution in [0, 0.1) is 11.3 Å². The van der Waals surface area contributed by atoms with Crippen molar-refractivity contribution in [1.29, 1.82) is 0 Å². The molecule has 1 N–H and O–H groups in total. The molecular formula is C15H31IO2. The first-order valence-corrected chi connectivity index (χ1v) is 9.03. The molecule has 0 spiro atoms. The fourth-order valence-corrected chi connectivity index (χ4v) is 3.34. The van der Waals surface area contributed by atoms with E-state index in [1.54, 1.807) is 0 Å². The molecule has 0 bridgehead atoms. The Kier molecular flexibility index (Phi) is 8.34. The molecule has 2 nitrogen and oxygen atoms in total. The average molecular weight is 370 g/mol. The minimum atomic E-state index is -0.554. The van der Waals surface area contributed by atoms with Crippen molar-refractivity contribution < 1.29 is 9.84 Å². The molecular weight excluding hydrogens is 339 g/mol. The van der Waals surface area contributed by atoms with E-state index in [4.69, 9.17) is 4.74 Å². The molecule has 0 atom stereocenters. The third-order valence-corrected chi connectivity index (χ3v) is 4.00. The fraction of sp³-hybridized carbons (Fsp3) is 1.00. The first-order valence-electron chi connectivity index (χ1n) is 6.87. The Balaban J connectivity index is 0.00000137. The van der Waals surface area contributed by atoms with E-state index < -0.39 is 5.60 Å². The number of methoxy groups -OCH3 is 1. The Hall–Kier alpha value is 0.650. The van der Waals surface area contributed by atoms with Crippen molar-refractivity contribution in [3.8, 4) is 0 Å². The Morgan fingerprint density at radius 2 is 1.50 bits per heavy atom. The Morgan fingerprint density at radius 3 is 1.83 bits per heavy atom. The molecule has 3 heteroatoms. The number of rotatable bonds is 4.